The number of nitrogens with zero attached hydrogens (tertiary/aromatic N) is 2. The lowest BCUT2D eigenvalue weighted by Crippen LogP contribution is -2.51. The van der Waals surface area contributed by atoms with Crippen LogP contribution in [0.25, 0.3) is 11.3 Å². The second-order valence-electron chi connectivity index (χ2n) is 7.93. The van der Waals surface area contributed by atoms with E-state index in [0.717, 1.165) is 53.4 Å². The summed E-state index contributed by atoms with van der Waals surface area (Å²) in [6, 6.07) is 3.90. The summed E-state index contributed by atoms with van der Waals surface area (Å²) < 4.78 is 0. The maximum absolute atomic E-state index is 13.1. The van der Waals surface area contributed by atoms with E-state index in [1.54, 1.807) is 12.4 Å². The summed E-state index contributed by atoms with van der Waals surface area (Å²) in [6.07, 6.45) is 10.9. The molecule has 24 heavy (non-hydrogen) atoms. The van der Waals surface area contributed by atoms with Crippen molar-refractivity contribution in [2.24, 2.45) is 23.2 Å². The molecule has 0 radical (unpaired) electrons. The first kappa shape index (κ1) is 14.6. The Kier molecular flexibility index (Phi) is 3.27. The zero-order valence-electron chi connectivity index (χ0n) is 13.6. The van der Waals surface area contributed by atoms with Crippen LogP contribution in [0.1, 0.15) is 38.5 Å². The van der Waals surface area contributed by atoms with Crippen LogP contribution >= 0.6 is 11.3 Å². The molecule has 5 heteroatoms. The molecule has 2 aromatic rings. The van der Waals surface area contributed by atoms with Gasteiger partial charge in [0.1, 0.15) is 0 Å². The number of anilines is 1. The number of rotatable bonds is 3. The summed E-state index contributed by atoms with van der Waals surface area (Å²) in [5.74, 6) is 2.56. The third-order valence-electron chi connectivity index (χ3n) is 6.20. The van der Waals surface area contributed by atoms with E-state index in [0.29, 0.717) is 0 Å². The lowest BCUT2D eigenvalue weighted by Gasteiger charge is -2.55. The van der Waals surface area contributed by atoms with E-state index < -0.39 is 0 Å². The van der Waals surface area contributed by atoms with Crippen LogP contribution in [-0.4, -0.2) is 15.9 Å². The van der Waals surface area contributed by atoms with Gasteiger partial charge in [0.15, 0.2) is 5.13 Å². The molecule has 0 aromatic carbocycles. The van der Waals surface area contributed by atoms with Crippen molar-refractivity contribution < 1.29 is 4.79 Å². The Morgan fingerprint density at radius 2 is 1.88 bits per heavy atom. The number of hydrogen-bond acceptors (Lipinski definition) is 4. The van der Waals surface area contributed by atoms with Crippen molar-refractivity contribution in [2.75, 3.05) is 5.32 Å². The van der Waals surface area contributed by atoms with Crippen molar-refractivity contribution in [3.63, 3.8) is 0 Å². The van der Waals surface area contributed by atoms with E-state index in [1.807, 2.05) is 17.5 Å². The van der Waals surface area contributed by atoms with Gasteiger partial charge in [-0.05, 0) is 68.4 Å². The van der Waals surface area contributed by atoms with E-state index in [2.05, 4.69) is 15.3 Å². The first-order chi connectivity index (χ1) is 11.7. The Morgan fingerprint density at radius 3 is 2.50 bits per heavy atom. The predicted molar refractivity (Wildman–Crippen MR) is 94.6 cm³/mol. The molecule has 4 bridgehead atoms. The van der Waals surface area contributed by atoms with Crippen LogP contribution in [-0.2, 0) is 4.79 Å². The van der Waals surface area contributed by atoms with Crippen LogP contribution in [0.4, 0.5) is 5.13 Å². The summed E-state index contributed by atoms with van der Waals surface area (Å²) in [6.45, 7) is 0. The van der Waals surface area contributed by atoms with E-state index in [4.69, 9.17) is 0 Å². The molecule has 6 rings (SSSR count). The van der Waals surface area contributed by atoms with Crippen LogP contribution < -0.4 is 5.32 Å². The van der Waals surface area contributed by atoms with Gasteiger partial charge in [0.2, 0.25) is 5.91 Å². The molecule has 4 aliphatic carbocycles. The minimum atomic E-state index is -0.116. The number of pyridine rings is 1. The molecule has 1 amide bonds. The van der Waals surface area contributed by atoms with Gasteiger partial charge in [0.05, 0.1) is 11.1 Å². The van der Waals surface area contributed by atoms with Crippen molar-refractivity contribution in [3.8, 4) is 11.3 Å². The van der Waals surface area contributed by atoms with Crippen molar-refractivity contribution in [1.29, 1.82) is 0 Å². The quantitative estimate of drug-likeness (QED) is 0.904. The van der Waals surface area contributed by atoms with Crippen molar-refractivity contribution >= 4 is 22.4 Å². The van der Waals surface area contributed by atoms with E-state index in [9.17, 15) is 4.79 Å². The average molecular weight is 339 g/mol. The highest BCUT2D eigenvalue weighted by Gasteiger charge is 2.54. The molecule has 0 saturated heterocycles. The smallest absolute Gasteiger partial charge is 0.232 e. The van der Waals surface area contributed by atoms with E-state index >= 15 is 0 Å². The van der Waals surface area contributed by atoms with Crippen LogP contribution in [0.15, 0.2) is 29.9 Å². The highest BCUT2D eigenvalue weighted by molar-refractivity contribution is 7.14. The molecular formula is C19H21N3OS. The van der Waals surface area contributed by atoms with Gasteiger partial charge in [-0.1, -0.05) is 0 Å². The minimum Gasteiger partial charge on any atom is -0.301 e. The zero-order valence-corrected chi connectivity index (χ0v) is 14.4. The molecule has 0 spiro atoms. The number of amides is 1. The van der Waals surface area contributed by atoms with Gasteiger partial charge in [-0.3, -0.25) is 9.78 Å². The van der Waals surface area contributed by atoms with Crippen LogP contribution in [0, 0.1) is 23.2 Å². The summed E-state index contributed by atoms with van der Waals surface area (Å²) in [5, 5.41) is 5.85. The number of nitrogens with one attached hydrogen (secondary N) is 1. The Bertz CT molecular complexity index is 735. The van der Waals surface area contributed by atoms with Crippen LogP contribution in [0.5, 0.6) is 0 Å². The molecule has 0 unspecified atom stereocenters. The molecule has 4 fully saturated rings. The molecule has 0 atom stereocenters. The number of carbonyl (C=O) groups excluding carboxylic acids is 1. The van der Waals surface area contributed by atoms with E-state index in [-0.39, 0.29) is 11.3 Å². The molecule has 4 saturated carbocycles. The third-order valence-corrected chi connectivity index (χ3v) is 6.96. The lowest BCUT2D eigenvalue weighted by molar-refractivity contribution is -0.140. The summed E-state index contributed by atoms with van der Waals surface area (Å²) >= 11 is 1.51. The Hall–Kier alpha value is -1.75. The third kappa shape index (κ3) is 2.37. The fraction of sp³-hybridized carbons (Fsp3) is 0.526. The van der Waals surface area contributed by atoms with Crippen molar-refractivity contribution in [3.05, 3.63) is 29.9 Å². The SMILES string of the molecule is O=C(Nc1nc(-c2cccnc2)cs1)C12CC3CC(CC(C3)C1)C2. The number of thiazole rings is 1. The van der Waals surface area contributed by atoms with Gasteiger partial charge >= 0.3 is 0 Å². The highest BCUT2D eigenvalue weighted by atomic mass is 32.1. The summed E-state index contributed by atoms with van der Waals surface area (Å²) in [5.41, 5.74) is 1.76. The number of hydrogen-bond donors (Lipinski definition) is 1. The maximum Gasteiger partial charge on any atom is 0.232 e. The normalized spacial score (nSPS) is 33.6. The molecule has 4 aliphatic rings. The minimum absolute atomic E-state index is 0.116. The summed E-state index contributed by atoms with van der Waals surface area (Å²) in [7, 11) is 0. The molecule has 124 valence electrons. The number of aromatic nitrogens is 2. The van der Waals surface area contributed by atoms with E-state index in [1.165, 1.54) is 30.6 Å². The standard InChI is InChI=1S/C19H21N3OS/c23-17(19-7-12-4-13(8-19)6-14(5-12)9-19)22-18-21-16(11-24-18)15-2-1-3-20-10-15/h1-3,10-14H,4-9H2,(H,21,22,23). The Labute approximate surface area is 145 Å². The van der Waals surface area contributed by atoms with Crippen molar-refractivity contribution in [2.45, 2.75) is 38.5 Å². The van der Waals surface area contributed by atoms with Crippen LogP contribution in [0.2, 0.25) is 0 Å². The van der Waals surface area contributed by atoms with Crippen LogP contribution in [0.3, 0.4) is 0 Å². The zero-order chi connectivity index (χ0) is 16.1. The maximum atomic E-state index is 13.1. The largest absolute Gasteiger partial charge is 0.301 e. The molecular weight excluding hydrogens is 318 g/mol. The topological polar surface area (TPSA) is 54.9 Å². The van der Waals surface area contributed by atoms with Gasteiger partial charge in [-0.25, -0.2) is 4.98 Å². The molecule has 2 aromatic heterocycles. The van der Waals surface area contributed by atoms with Gasteiger partial charge in [0, 0.05) is 23.3 Å². The Morgan fingerprint density at radius 1 is 1.17 bits per heavy atom. The second-order valence-corrected chi connectivity index (χ2v) is 8.79. The Balaban J connectivity index is 1.35. The fourth-order valence-electron chi connectivity index (χ4n) is 5.60. The fourth-order valence-corrected chi connectivity index (χ4v) is 6.31. The van der Waals surface area contributed by atoms with Gasteiger partial charge in [-0.15, -0.1) is 11.3 Å². The first-order valence-electron chi connectivity index (χ1n) is 8.88. The monoisotopic (exact) mass is 339 g/mol. The van der Waals surface area contributed by atoms with Gasteiger partial charge < -0.3 is 5.32 Å². The number of carbonyl (C=O) groups is 1. The van der Waals surface area contributed by atoms with Gasteiger partial charge in [-0.2, -0.15) is 0 Å². The average Bonchev–Trinajstić information content (AvgIpc) is 3.03. The molecule has 0 aliphatic heterocycles. The first-order valence-corrected chi connectivity index (χ1v) is 9.75. The van der Waals surface area contributed by atoms with Crippen molar-refractivity contribution in [1.82, 2.24) is 9.97 Å². The molecule has 2 heterocycles. The summed E-state index contributed by atoms with van der Waals surface area (Å²) in [4.78, 5) is 21.8. The predicted octanol–water partition coefficient (Wildman–Crippen LogP) is 4.36. The second kappa shape index (κ2) is 5.38. The molecule has 4 nitrogen and oxygen atoms in total. The highest BCUT2D eigenvalue weighted by Crippen LogP contribution is 2.60. The molecule has 1 N–H and O–H groups in total. The van der Waals surface area contributed by atoms with Gasteiger partial charge in [0.25, 0.3) is 0 Å². The lowest BCUT2D eigenvalue weighted by atomic mass is 9.49.